The van der Waals surface area contributed by atoms with Crippen molar-refractivity contribution in [3.8, 4) is 11.3 Å². The molecule has 1 aromatic heterocycles. The number of hydrogen-bond donors (Lipinski definition) is 2. The first-order chi connectivity index (χ1) is 12.0. The molecule has 0 saturated carbocycles. The summed E-state index contributed by atoms with van der Waals surface area (Å²) in [6.45, 7) is 0.642. The van der Waals surface area contributed by atoms with Crippen LogP contribution in [0.4, 0.5) is 5.82 Å². The van der Waals surface area contributed by atoms with Crippen molar-refractivity contribution in [1.29, 1.82) is 0 Å². The molecule has 2 amide bonds. The molecule has 0 bridgehead atoms. The lowest BCUT2D eigenvalue weighted by molar-refractivity contribution is -0.119. The van der Waals surface area contributed by atoms with Crippen molar-refractivity contribution in [2.75, 3.05) is 12.3 Å². The van der Waals surface area contributed by atoms with Gasteiger partial charge in [-0.25, -0.2) is 4.98 Å². The van der Waals surface area contributed by atoms with Gasteiger partial charge in [0.2, 0.25) is 5.91 Å². The number of primary amides is 1. The Morgan fingerprint density at radius 3 is 2.76 bits per heavy atom. The average Bonchev–Trinajstić information content (AvgIpc) is 2.62. The number of hydrogen-bond acceptors (Lipinski definition) is 5. The molecule has 3 rings (SSSR count). The molecule has 0 spiro atoms. The van der Waals surface area contributed by atoms with Crippen LogP contribution in [0.25, 0.3) is 11.3 Å². The van der Waals surface area contributed by atoms with E-state index in [9.17, 15) is 9.59 Å². The van der Waals surface area contributed by atoms with Crippen molar-refractivity contribution < 1.29 is 9.59 Å². The normalized spacial score (nSPS) is 17.3. The van der Waals surface area contributed by atoms with E-state index < -0.39 is 0 Å². The van der Waals surface area contributed by atoms with Gasteiger partial charge in [0, 0.05) is 30.1 Å². The highest BCUT2D eigenvalue weighted by Gasteiger charge is 2.28. The molecule has 25 heavy (non-hydrogen) atoms. The summed E-state index contributed by atoms with van der Waals surface area (Å²) >= 11 is 0. The first kappa shape index (κ1) is 16.9. The molecule has 1 saturated heterocycles. The SMILES string of the molecule is NC(=O)C[C@H]1CCCCN1C(=O)c1cccc(-c2cnc(N)cn2)c1. The number of benzene rings is 1. The molecule has 0 radical (unpaired) electrons. The molecule has 1 aliphatic rings. The van der Waals surface area contributed by atoms with Crippen LogP contribution in [0.2, 0.25) is 0 Å². The minimum atomic E-state index is -0.379. The van der Waals surface area contributed by atoms with Crippen LogP contribution in [0.3, 0.4) is 0 Å². The number of rotatable bonds is 4. The first-order valence-electron chi connectivity index (χ1n) is 8.32. The summed E-state index contributed by atoms with van der Waals surface area (Å²) in [6, 6.07) is 7.12. The van der Waals surface area contributed by atoms with Gasteiger partial charge in [-0.1, -0.05) is 12.1 Å². The number of nitrogens with two attached hydrogens (primary N) is 2. The summed E-state index contributed by atoms with van der Waals surface area (Å²) in [6.07, 6.45) is 6.01. The van der Waals surface area contributed by atoms with Gasteiger partial charge in [0.1, 0.15) is 5.82 Å². The lowest BCUT2D eigenvalue weighted by atomic mass is 9.97. The molecule has 130 valence electrons. The van der Waals surface area contributed by atoms with Crippen molar-refractivity contribution in [3.05, 3.63) is 42.2 Å². The highest BCUT2D eigenvalue weighted by molar-refractivity contribution is 5.96. The fourth-order valence-corrected chi connectivity index (χ4v) is 3.18. The van der Waals surface area contributed by atoms with Gasteiger partial charge in [-0.2, -0.15) is 0 Å². The zero-order valence-electron chi connectivity index (χ0n) is 13.9. The predicted molar refractivity (Wildman–Crippen MR) is 94.4 cm³/mol. The molecule has 7 heteroatoms. The average molecular weight is 339 g/mol. The second kappa shape index (κ2) is 7.29. The third kappa shape index (κ3) is 3.93. The number of piperidine rings is 1. The highest BCUT2D eigenvalue weighted by atomic mass is 16.2. The Kier molecular flexibility index (Phi) is 4.92. The molecule has 1 atom stereocenters. The van der Waals surface area contributed by atoms with Crippen LogP contribution >= 0.6 is 0 Å². The van der Waals surface area contributed by atoms with E-state index >= 15 is 0 Å². The summed E-state index contributed by atoms with van der Waals surface area (Å²) in [7, 11) is 0. The molecule has 7 nitrogen and oxygen atoms in total. The maximum Gasteiger partial charge on any atom is 0.254 e. The molecular weight excluding hydrogens is 318 g/mol. The number of amides is 2. The van der Waals surface area contributed by atoms with E-state index in [1.807, 2.05) is 12.1 Å². The first-order valence-corrected chi connectivity index (χ1v) is 8.32. The Bertz CT molecular complexity index is 775. The molecule has 2 heterocycles. The number of nitrogen functional groups attached to an aromatic ring is 1. The maximum absolute atomic E-state index is 12.9. The Morgan fingerprint density at radius 2 is 2.04 bits per heavy atom. The van der Waals surface area contributed by atoms with E-state index in [1.165, 1.54) is 6.20 Å². The fourth-order valence-electron chi connectivity index (χ4n) is 3.18. The molecule has 2 aromatic rings. The van der Waals surface area contributed by atoms with Gasteiger partial charge in [-0.3, -0.25) is 14.6 Å². The zero-order chi connectivity index (χ0) is 17.8. The van der Waals surface area contributed by atoms with E-state index in [1.54, 1.807) is 23.2 Å². The van der Waals surface area contributed by atoms with E-state index in [4.69, 9.17) is 11.5 Å². The topological polar surface area (TPSA) is 115 Å². The Hall–Kier alpha value is -2.96. The van der Waals surface area contributed by atoms with Crippen molar-refractivity contribution in [1.82, 2.24) is 14.9 Å². The number of aromatic nitrogens is 2. The minimum Gasteiger partial charge on any atom is -0.382 e. The largest absolute Gasteiger partial charge is 0.382 e. The second-order valence-corrected chi connectivity index (χ2v) is 6.23. The van der Waals surface area contributed by atoms with E-state index in [0.717, 1.165) is 24.8 Å². The van der Waals surface area contributed by atoms with Crippen LogP contribution in [-0.2, 0) is 4.79 Å². The highest BCUT2D eigenvalue weighted by Crippen LogP contribution is 2.24. The van der Waals surface area contributed by atoms with Gasteiger partial charge in [-0.15, -0.1) is 0 Å². The summed E-state index contributed by atoms with van der Waals surface area (Å²) in [4.78, 5) is 34.3. The van der Waals surface area contributed by atoms with Gasteiger partial charge in [-0.05, 0) is 31.4 Å². The number of nitrogens with zero attached hydrogens (tertiary/aromatic N) is 3. The van der Waals surface area contributed by atoms with E-state index in [2.05, 4.69) is 9.97 Å². The quantitative estimate of drug-likeness (QED) is 0.878. The standard InChI is InChI=1S/C18H21N5O2/c19-16-11-21-15(10-22-16)12-4-3-5-13(8-12)18(25)23-7-2-1-6-14(23)9-17(20)24/h3-5,8,10-11,14H,1-2,6-7,9H2,(H2,19,22)(H2,20,24)/t14-/m1/s1. The van der Waals surface area contributed by atoms with Crippen molar-refractivity contribution in [3.63, 3.8) is 0 Å². The van der Waals surface area contributed by atoms with Crippen LogP contribution in [-0.4, -0.2) is 39.3 Å². The number of carbonyl (C=O) groups excluding carboxylic acids is 2. The lowest BCUT2D eigenvalue weighted by Crippen LogP contribution is -2.45. The fraction of sp³-hybridized carbons (Fsp3) is 0.333. The monoisotopic (exact) mass is 339 g/mol. The Labute approximate surface area is 146 Å². The third-order valence-corrected chi connectivity index (χ3v) is 4.40. The Balaban J connectivity index is 1.85. The molecule has 4 N–H and O–H groups in total. The van der Waals surface area contributed by atoms with Crippen molar-refractivity contribution in [2.24, 2.45) is 5.73 Å². The van der Waals surface area contributed by atoms with E-state index in [0.29, 0.717) is 23.6 Å². The number of anilines is 1. The van der Waals surface area contributed by atoms with Gasteiger partial charge in [0.15, 0.2) is 0 Å². The Morgan fingerprint density at radius 1 is 1.20 bits per heavy atom. The third-order valence-electron chi connectivity index (χ3n) is 4.40. The molecule has 1 aliphatic heterocycles. The van der Waals surface area contributed by atoms with Crippen molar-refractivity contribution in [2.45, 2.75) is 31.7 Å². The van der Waals surface area contributed by atoms with Gasteiger partial charge < -0.3 is 16.4 Å². The number of likely N-dealkylation sites (tertiary alicyclic amines) is 1. The second-order valence-electron chi connectivity index (χ2n) is 6.23. The van der Waals surface area contributed by atoms with Gasteiger partial charge in [0.25, 0.3) is 5.91 Å². The maximum atomic E-state index is 12.9. The van der Waals surface area contributed by atoms with Crippen LogP contribution in [0.15, 0.2) is 36.7 Å². The summed E-state index contributed by atoms with van der Waals surface area (Å²) in [5.74, 6) is -0.120. The van der Waals surface area contributed by atoms with E-state index in [-0.39, 0.29) is 24.3 Å². The van der Waals surface area contributed by atoms with Crippen LogP contribution in [0, 0.1) is 0 Å². The molecular formula is C18H21N5O2. The van der Waals surface area contributed by atoms with Gasteiger partial charge >= 0.3 is 0 Å². The summed E-state index contributed by atoms with van der Waals surface area (Å²) in [5.41, 5.74) is 12.9. The molecule has 1 aromatic carbocycles. The molecule has 0 unspecified atom stereocenters. The number of carbonyl (C=O) groups is 2. The van der Waals surface area contributed by atoms with Crippen LogP contribution < -0.4 is 11.5 Å². The molecule has 1 fully saturated rings. The molecule has 0 aliphatic carbocycles. The van der Waals surface area contributed by atoms with Crippen molar-refractivity contribution >= 4 is 17.6 Å². The van der Waals surface area contributed by atoms with Crippen LogP contribution in [0.1, 0.15) is 36.0 Å². The van der Waals surface area contributed by atoms with Crippen LogP contribution in [0.5, 0.6) is 0 Å². The smallest absolute Gasteiger partial charge is 0.254 e. The minimum absolute atomic E-state index is 0.0868. The summed E-state index contributed by atoms with van der Waals surface area (Å²) < 4.78 is 0. The summed E-state index contributed by atoms with van der Waals surface area (Å²) in [5, 5.41) is 0. The van der Waals surface area contributed by atoms with Gasteiger partial charge in [0.05, 0.1) is 18.1 Å². The predicted octanol–water partition coefficient (Wildman–Crippen LogP) is 1.60. The lowest BCUT2D eigenvalue weighted by Gasteiger charge is -2.35. The zero-order valence-corrected chi connectivity index (χ0v) is 13.9.